The van der Waals surface area contributed by atoms with Gasteiger partial charge >= 0.3 is 12.0 Å². The Morgan fingerprint density at radius 3 is 2.57 bits per heavy atom. The molecular formula is C21H25N5O4. The third-order valence-corrected chi connectivity index (χ3v) is 5.92. The summed E-state index contributed by atoms with van der Waals surface area (Å²) in [4.78, 5) is 49.0. The second kappa shape index (κ2) is 7.16. The summed E-state index contributed by atoms with van der Waals surface area (Å²) in [5, 5.41) is 0. The molecule has 1 aromatic carbocycles. The van der Waals surface area contributed by atoms with Crippen molar-refractivity contribution in [3.63, 3.8) is 0 Å². The van der Waals surface area contributed by atoms with Crippen LogP contribution in [0.15, 0.2) is 40.7 Å². The van der Waals surface area contributed by atoms with Gasteiger partial charge in [0, 0.05) is 30.7 Å². The lowest BCUT2D eigenvalue weighted by Crippen LogP contribution is -2.64. The minimum atomic E-state index is -0.662. The van der Waals surface area contributed by atoms with Crippen LogP contribution in [-0.2, 0) is 14.3 Å². The number of methoxy groups -OCH3 is 1. The highest BCUT2D eigenvalue weighted by atomic mass is 16.5. The van der Waals surface area contributed by atoms with Crippen LogP contribution < -0.4 is 4.90 Å². The molecule has 1 fully saturated rings. The van der Waals surface area contributed by atoms with Crippen molar-refractivity contribution in [3.05, 3.63) is 41.2 Å². The molecule has 3 amide bonds. The van der Waals surface area contributed by atoms with Crippen LogP contribution in [0.2, 0.25) is 0 Å². The van der Waals surface area contributed by atoms with E-state index in [1.54, 1.807) is 7.05 Å². The van der Waals surface area contributed by atoms with E-state index in [0.717, 1.165) is 27.5 Å². The summed E-state index contributed by atoms with van der Waals surface area (Å²) in [7, 11) is 2.91. The highest BCUT2D eigenvalue weighted by Crippen LogP contribution is 2.40. The Balaban J connectivity index is 1.69. The number of esters is 1. The Kier molecular flexibility index (Phi) is 4.76. The largest absolute Gasteiger partial charge is 0.469 e. The van der Waals surface area contributed by atoms with E-state index in [0.29, 0.717) is 5.96 Å². The maximum absolute atomic E-state index is 13.3. The standard InChI is InChI=1S/C21H25N5O4/c1-12-7-6-8-15(11-12)25-13(2)14(3)26-17-18(22-20(25)26)23(4)21(29)24(19(17)28)10-9-16(27)30-5/h6-8,11,17-18H,9-10H2,1-5H3. The number of fused-ring (bicyclic) bond motifs is 3. The van der Waals surface area contributed by atoms with Gasteiger partial charge in [0.2, 0.25) is 5.96 Å². The summed E-state index contributed by atoms with van der Waals surface area (Å²) in [5.74, 6) is -0.195. The van der Waals surface area contributed by atoms with E-state index in [9.17, 15) is 14.4 Å². The fraction of sp³-hybridized carbons (Fsp3) is 0.429. The van der Waals surface area contributed by atoms with E-state index in [4.69, 9.17) is 4.99 Å². The first-order valence-corrected chi connectivity index (χ1v) is 9.82. The molecule has 0 bridgehead atoms. The first-order valence-electron chi connectivity index (χ1n) is 9.82. The summed E-state index contributed by atoms with van der Waals surface area (Å²) in [5.41, 5.74) is 3.96. The predicted octanol–water partition coefficient (Wildman–Crippen LogP) is 1.89. The molecular weight excluding hydrogens is 386 g/mol. The third-order valence-electron chi connectivity index (χ3n) is 5.92. The van der Waals surface area contributed by atoms with Gasteiger partial charge in [-0.1, -0.05) is 12.1 Å². The Labute approximate surface area is 175 Å². The fourth-order valence-electron chi connectivity index (χ4n) is 4.20. The first kappa shape index (κ1) is 19.9. The predicted molar refractivity (Wildman–Crippen MR) is 110 cm³/mol. The van der Waals surface area contributed by atoms with Crippen molar-refractivity contribution < 1.29 is 19.1 Å². The number of carbonyl (C=O) groups is 3. The molecule has 3 aliphatic heterocycles. The van der Waals surface area contributed by atoms with E-state index in [-0.39, 0.29) is 18.9 Å². The van der Waals surface area contributed by atoms with E-state index >= 15 is 0 Å². The zero-order valence-corrected chi connectivity index (χ0v) is 17.7. The average Bonchev–Trinajstić information content (AvgIpc) is 3.21. The van der Waals surface area contributed by atoms with Crippen molar-refractivity contribution >= 4 is 29.6 Å². The molecule has 9 heteroatoms. The van der Waals surface area contributed by atoms with Crippen molar-refractivity contribution in [2.75, 3.05) is 25.6 Å². The molecule has 2 atom stereocenters. The third kappa shape index (κ3) is 2.84. The highest BCUT2D eigenvalue weighted by molar-refractivity contribution is 6.10. The Morgan fingerprint density at radius 2 is 1.90 bits per heavy atom. The van der Waals surface area contributed by atoms with Crippen LogP contribution in [0.3, 0.4) is 0 Å². The van der Waals surface area contributed by atoms with Gasteiger partial charge in [-0.05, 0) is 38.5 Å². The molecule has 1 saturated heterocycles. The lowest BCUT2D eigenvalue weighted by Gasteiger charge is -2.40. The van der Waals surface area contributed by atoms with E-state index < -0.39 is 24.2 Å². The molecule has 9 nitrogen and oxygen atoms in total. The van der Waals surface area contributed by atoms with Gasteiger partial charge in [0.1, 0.15) is 0 Å². The van der Waals surface area contributed by atoms with Crippen molar-refractivity contribution in [2.45, 2.75) is 39.4 Å². The number of amides is 3. The second-order valence-corrected chi connectivity index (χ2v) is 7.71. The summed E-state index contributed by atoms with van der Waals surface area (Å²) in [6, 6.07) is 6.94. The number of aliphatic imine (C=N–C) groups is 1. The highest BCUT2D eigenvalue weighted by Gasteiger charge is 2.55. The maximum atomic E-state index is 13.3. The molecule has 3 aliphatic rings. The van der Waals surface area contributed by atoms with Crippen LogP contribution in [-0.4, -0.2) is 71.5 Å². The fourth-order valence-corrected chi connectivity index (χ4v) is 4.20. The van der Waals surface area contributed by atoms with E-state index in [1.165, 1.54) is 12.0 Å². The number of nitrogens with zero attached hydrogens (tertiary/aromatic N) is 5. The van der Waals surface area contributed by atoms with Crippen LogP contribution in [0, 0.1) is 6.92 Å². The lowest BCUT2D eigenvalue weighted by molar-refractivity contribution is -0.142. The molecule has 4 rings (SSSR count). The molecule has 0 aromatic heterocycles. The number of ether oxygens (including phenoxy) is 1. The molecule has 0 N–H and O–H groups in total. The van der Waals surface area contributed by atoms with Crippen LogP contribution in [0.25, 0.3) is 0 Å². The number of anilines is 1. The van der Waals surface area contributed by atoms with Crippen molar-refractivity contribution in [3.8, 4) is 0 Å². The zero-order chi connectivity index (χ0) is 21.7. The summed E-state index contributed by atoms with van der Waals surface area (Å²) in [6.45, 7) is 5.94. The number of guanidine groups is 1. The number of imide groups is 1. The molecule has 0 radical (unpaired) electrons. The van der Waals surface area contributed by atoms with Gasteiger partial charge in [0.25, 0.3) is 5.91 Å². The number of rotatable bonds is 4. The number of aryl methyl sites for hydroxylation is 1. The normalized spacial score (nSPS) is 23.2. The van der Waals surface area contributed by atoms with Gasteiger partial charge in [-0.25, -0.2) is 9.79 Å². The molecule has 2 unspecified atom stereocenters. The van der Waals surface area contributed by atoms with Crippen LogP contribution in [0.1, 0.15) is 25.8 Å². The maximum Gasteiger partial charge on any atom is 0.328 e. The number of carbonyl (C=O) groups excluding carboxylic acids is 3. The van der Waals surface area contributed by atoms with Gasteiger partial charge in [0.05, 0.1) is 13.5 Å². The Morgan fingerprint density at radius 1 is 1.17 bits per heavy atom. The Bertz CT molecular complexity index is 1000. The minimum absolute atomic E-state index is 0.0234. The smallest absolute Gasteiger partial charge is 0.328 e. The van der Waals surface area contributed by atoms with E-state index in [1.807, 2.05) is 48.8 Å². The SMILES string of the molecule is COC(=O)CCN1C(=O)C2C(N=C3N(c4cccc(C)c4)C(C)=C(C)N32)N(C)C1=O. The Hall–Kier alpha value is -3.36. The number of urea groups is 1. The summed E-state index contributed by atoms with van der Waals surface area (Å²) >= 11 is 0. The quantitative estimate of drug-likeness (QED) is 0.704. The minimum Gasteiger partial charge on any atom is -0.469 e. The van der Waals surface area contributed by atoms with Crippen molar-refractivity contribution in [1.82, 2.24) is 14.7 Å². The molecule has 0 aliphatic carbocycles. The van der Waals surface area contributed by atoms with Gasteiger partial charge in [0.15, 0.2) is 12.2 Å². The van der Waals surface area contributed by atoms with E-state index in [2.05, 4.69) is 10.8 Å². The monoisotopic (exact) mass is 411 g/mol. The second-order valence-electron chi connectivity index (χ2n) is 7.71. The average molecular weight is 411 g/mol. The first-order chi connectivity index (χ1) is 14.3. The summed E-state index contributed by atoms with van der Waals surface area (Å²) < 4.78 is 4.65. The zero-order valence-electron chi connectivity index (χ0n) is 17.7. The van der Waals surface area contributed by atoms with Gasteiger partial charge in [-0.15, -0.1) is 0 Å². The molecule has 30 heavy (non-hydrogen) atoms. The van der Waals surface area contributed by atoms with Gasteiger partial charge in [-0.3, -0.25) is 24.3 Å². The molecule has 0 saturated carbocycles. The number of hydrogen-bond acceptors (Lipinski definition) is 7. The van der Waals surface area contributed by atoms with Crippen molar-refractivity contribution in [1.29, 1.82) is 0 Å². The number of benzene rings is 1. The number of hydrogen-bond donors (Lipinski definition) is 0. The topological polar surface area (TPSA) is 85.8 Å². The molecule has 3 heterocycles. The van der Waals surface area contributed by atoms with Crippen LogP contribution >= 0.6 is 0 Å². The molecule has 158 valence electrons. The van der Waals surface area contributed by atoms with Gasteiger partial charge < -0.3 is 9.64 Å². The lowest BCUT2D eigenvalue weighted by atomic mass is 10.1. The number of allylic oxidation sites excluding steroid dienone is 2. The number of likely N-dealkylation sites (N-methyl/N-ethyl adjacent to an activating group) is 1. The van der Waals surface area contributed by atoms with Crippen molar-refractivity contribution in [2.24, 2.45) is 4.99 Å². The summed E-state index contributed by atoms with van der Waals surface area (Å²) in [6.07, 6.45) is -0.666. The van der Waals surface area contributed by atoms with Gasteiger partial charge in [-0.2, -0.15) is 0 Å². The molecule has 1 aromatic rings. The van der Waals surface area contributed by atoms with Crippen LogP contribution in [0.5, 0.6) is 0 Å². The van der Waals surface area contributed by atoms with Crippen LogP contribution in [0.4, 0.5) is 10.5 Å². The molecule has 0 spiro atoms.